The Hall–Kier alpha value is -2.22. The number of fused-ring (bicyclic) bond motifs is 1. The Morgan fingerprint density at radius 3 is 2.80 bits per heavy atom. The smallest absolute Gasteiger partial charge is 0.326 e. The fourth-order valence-corrected chi connectivity index (χ4v) is 1.28. The summed E-state index contributed by atoms with van der Waals surface area (Å²) in [6.45, 7) is 1.01. The van der Waals surface area contributed by atoms with Gasteiger partial charge in [-0.3, -0.25) is 4.79 Å². The lowest BCUT2D eigenvalue weighted by Gasteiger charge is -2.18. The monoisotopic (exact) mass is 204 g/mol. The zero-order valence-electron chi connectivity index (χ0n) is 7.82. The maximum Gasteiger partial charge on any atom is 0.326 e. The number of anilines is 1. The largest absolute Gasteiger partial charge is 0.486 e. The number of nitrogens with one attached hydrogen (secondary N) is 1. The van der Waals surface area contributed by atoms with Gasteiger partial charge in [-0.25, -0.2) is 0 Å². The van der Waals surface area contributed by atoms with Crippen molar-refractivity contribution in [3.8, 4) is 17.6 Å². The topological polar surface area (TPSA) is 71.4 Å². The Labute approximate surface area is 86.2 Å². The molecule has 0 aliphatic carbocycles. The van der Waals surface area contributed by atoms with Crippen molar-refractivity contribution in [1.29, 1.82) is 5.26 Å². The highest BCUT2D eigenvalue weighted by molar-refractivity contribution is 6.02. The molecule has 0 saturated heterocycles. The van der Waals surface area contributed by atoms with Crippen molar-refractivity contribution in [2.75, 3.05) is 18.5 Å². The van der Waals surface area contributed by atoms with Gasteiger partial charge in [0, 0.05) is 11.8 Å². The van der Waals surface area contributed by atoms with E-state index in [0.29, 0.717) is 30.4 Å². The van der Waals surface area contributed by atoms with Crippen LogP contribution in [0, 0.1) is 11.3 Å². The molecule has 1 aromatic rings. The molecule has 0 aromatic heterocycles. The van der Waals surface area contributed by atoms with Gasteiger partial charge in [-0.05, 0) is 12.1 Å². The number of carbonyl (C=O) groups is 1. The predicted octanol–water partition coefficient (Wildman–Crippen LogP) is 0.920. The molecule has 0 unspecified atom stereocenters. The Morgan fingerprint density at radius 2 is 2.07 bits per heavy atom. The zero-order chi connectivity index (χ0) is 10.7. The first-order valence-electron chi connectivity index (χ1n) is 4.40. The van der Waals surface area contributed by atoms with E-state index in [2.05, 4.69) is 5.32 Å². The molecule has 0 saturated carbocycles. The second-order valence-electron chi connectivity index (χ2n) is 2.92. The van der Waals surface area contributed by atoms with E-state index in [9.17, 15) is 4.79 Å². The number of ether oxygens (including phenoxy) is 2. The standard InChI is InChI=1S/C10H8N2O3/c11-6-10(13)12-7-1-2-8-9(5-7)15-4-3-14-8/h1-2,5H,3-4H2,(H,12,13). The number of hydrogen-bond donors (Lipinski definition) is 1. The van der Waals surface area contributed by atoms with Gasteiger partial charge in [0.2, 0.25) is 0 Å². The summed E-state index contributed by atoms with van der Waals surface area (Å²) < 4.78 is 10.6. The lowest BCUT2D eigenvalue weighted by atomic mass is 10.2. The molecule has 2 rings (SSSR count). The van der Waals surface area contributed by atoms with Gasteiger partial charge in [-0.2, -0.15) is 5.26 Å². The number of nitriles is 1. The van der Waals surface area contributed by atoms with Crippen molar-refractivity contribution in [1.82, 2.24) is 0 Å². The highest BCUT2D eigenvalue weighted by atomic mass is 16.6. The minimum atomic E-state index is -0.702. The quantitative estimate of drug-likeness (QED) is 0.690. The van der Waals surface area contributed by atoms with E-state index in [1.165, 1.54) is 6.07 Å². The average molecular weight is 204 g/mol. The molecule has 1 aromatic carbocycles. The minimum Gasteiger partial charge on any atom is -0.486 e. The van der Waals surface area contributed by atoms with E-state index in [-0.39, 0.29) is 0 Å². The van der Waals surface area contributed by atoms with Gasteiger partial charge < -0.3 is 14.8 Å². The van der Waals surface area contributed by atoms with Crippen LogP contribution in [0.25, 0.3) is 0 Å². The van der Waals surface area contributed by atoms with Crippen LogP contribution in [0.2, 0.25) is 0 Å². The van der Waals surface area contributed by atoms with Crippen molar-refractivity contribution < 1.29 is 14.3 Å². The Morgan fingerprint density at radius 1 is 1.33 bits per heavy atom. The van der Waals surface area contributed by atoms with Gasteiger partial charge in [-0.15, -0.1) is 0 Å². The molecule has 0 atom stereocenters. The molecule has 1 aliphatic rings. The maximum absolute atomic E-state index is 10.8. The highest BCUT2D eigenvalue weighted by Gasteiger charge is 2.12. The maximum atomic E-state index is 10.8. The Kier molecular flexibility index (Phi) is 2.42. The molecule has 0 radical (unpaired) electrons. The zero-order valence-corrected chi connectivity index (χ0v) is 7.82. The van der Waals surface area contributed by atoms with E-state index in [1.807, 2.05) is 0 Å². The summed E-state index contributed by atoms with van der Waals surface area (Å²) >= 11 is 0. The predicted molar refractivity (Wildman–Crippen MR) is 51.7 cm³/mol. The van der Waals surface area contributed by atoms with Crippen LogP contribution in [-0.2, 0) is 4.79 Å². The number of hydrogen-bond acceptors (Lipinski definition) is 4. The Balaban J connectivity index is 2.21. The van der Waals surface area contributed by atoms with Crippen LogP contribution in [0.1, 0.15) is 0 Å². The molecule has 1 heterocycles. The number of amides is 1. The average Bonchev–Trinajstić information content (AvgIpc) is 2.29. The highest BCUT2D eigenvalue weighted by Crippen LogP contribution is 2.32. The van der Waals surface area contributed by atoms with Gasteiger partial charge in [0.25, 0.3) is 0 Å². The van der Waals surface area contributed by atoms with Crippen LogP contribution in [0.4, 0.5) is 5.69 Å². The second-order valence-corrected chi connectivity index (χ2v) is 2.92. The van der Waals surface area contributed by atoms with Crippen LogP contribution in [0.5, 0.6) is 11.5 Å². The molecule has 15 heavy (non-hydrogen) atoms. The Bertz CT molecular complexity index is 437. The lowest BCUT2D eigenvalue weighted by Crippen LogP contribution is -2.16. The van der Waals surface area contributed by atoms with Gasteiger partial charge in [0.15, 0.2) is 17.6 Å². The number of rotatable bonds is 1. The van der Waals surface area contributed by atoms with Crippen LogP contribution in [-0.4, -0.2) is 19.1 Å². The molecule has 1 aliphatic heterocycles. The molecule has 0 spiro atoms. The molecule has 1 N–H and O–H groups in total. The van der Waals surface area contributed by atoms with Gasteiger partial charge in [-0.1, -0.05) is 0 Å². The molecule has 0 bridgehead atoms. The third kappa shape index (κ3) is 1.99. The SMILES string of the molecule is N#CC(=O)Nc1ccc2c(c1)OCCO2. The molecule has 76 valence electrons. The third-order valence-electron chi connectivity index (χ3n) is 1.90. The van der Waals surface area contributed by atoms with Crippen molar-refractivity contribution in [3.05, 3.63) is 18.2 Å². The van der Waals surface area contributed by atoms with Crippen molar-refractivity contribution >= 4 is 11.6 Å². The summed E-state index contributed by atoms with van der Waals surface area (Å²) in [5, 5.41) is 10.7. The fraction of sp³-hybridized carbons (Fsp3) is 0.200. The second kappa shape index (κ2) is 3.88. The number of carbonyl (C=O) groups excluding carboxylic acids is 1. The van der Waals surface area contributed by atoms with E-state index in [1.54, 1.807) is 18.2 Å². The molecular formula is C10H8N2O3. The molecular weight excluding hydrogens is 196 g/mol. The van der Waals surface area contributed by atoms with Crippen molar-refractivity contribution in [3.63, 3.8) is 0 Å². The number of benzene rings is 1. The molecule has 5 heteroatoms. The summed E-state index contributed by atoms with van der Waals surface area (Å²) in [4.78, 5) is 10.8. The number of nitrogens with zero attached hydrogens (tertiary/aromatic N) is 1. The first-order valence-corrected chi connectivity index (χ1v) is 4.40. The summed E-state index contributed by atoms with van der Waals surface area (Å²) in [7, 11) is 0. The lowest BCUT2D eigenvalue weighted by molar-refractivity contribution is -0.111. The molecule has 0 fully saturated rings. The molecule has 5 nitrogen and oxygen atoms in total. The van der Waals surface area contributed by atoms with Crippen LogP contribution >= 0.6 is 0 Å². The van der Waals surface area contributed by atoms with Crippen LogP contribution < -0.4 is 14.8 Å². The van der Waals surface area contributed by atoms with Crippen molar-refractivity contribution in [2.45, 2.75) is 0 Å². The first-order chi connectivity index (χ1) is 7.29. The summed E-state index contributed by atoms with van der Waals surface area (Å²) in [5.74, 6) is 0.528. The fourth-order valence-electron chi connectivity index (χ4n) is 1.28. The van der Waals surface area contributed by atoms with Crippen LogP contribution in [0.3, 0.4) is 0 Å². The van der Waals surface area contributed by atoms with E-state index in [0.717, 1.165) is 0 Å². The normalized spacial score (nSPS) is 12.7. The summed E-state index contributed by atoms with van der Waals surface area (Å²) in [6.07, 6.45) is 0. The summed E-state index contributed by atoms with van der Waals surface area (Å²) in [6, 6.07) is 6.45. The van der Waals surface area contributed by atoms with Gasteiger partial charge in [0.05, 0.1) is 0 Å². The molecule has 1 amide bonds. The van der Waals surface area contributed by atoms with E-state index < -0.39 is 5.91 Å². The first kappa shape index (κ1) is 9.34. The summed E-state index contributed by atoms with van der Waals surface area (Å²) in [5.41, 5.74) is 0.519. The minimum absolute atomic E-state index is 0.489. The van der Waals surface area contributed by atoms with E-state index in [4.69, 9.17) is 14.7 Å². The van der Waals surface area contributed by atoms with Gasteiger partial charge >= 0.3 is 5.91 Å². The third-order valence-corrected chi connectivity index (χ3v) is 1.90. The van der Waals surface area contributed by atoms with Crippen LogP contribution in [0.15, 0.2) is 18.2 Å². The van der Waals surface area contributed by atoms with E-state index >= 15 is 0 Å². The van der Waals surface area contributed by atoms with Crippen molar-refractivity contribution in [2.24, 2.45) is 0 Å². The van der Waals surface area contributed by atoms with Gasteiger partial charge in [0.1, 0.15) is 13.2 Å².